The number of aryl methyl sites for hydroxylation is 1. The van der Waals surface area contributed by atoms with Gasteiger partial charge in [0, 0.05) is 19.6 Å². The molecule has 1 aliphatic rings. The Hall–Kier alpha value is -2.46. The highest BCUT2D eigenvalue weighted by Gasteiger charge is 2.35. The number of carbonyl (C=O) groups excluding carboxylic acids is 1. The molecule has 0 spiro atoms. The van der Waals surface area contributed by atoms with Crippen LogP contribution >= 0.6 is 11.3 Å². The van der Waals surface area contributed by atoms with Crippen LogP contribution in [0.1, 0.15) is 39.4 Å². The summed E-state index contributed by atoms with van der Waals surface area (Å²) in [4.78, 5) is 26.8. The molecule has 1 N–H and O–H groups in total. The van der Waals surface area contributed by atoms with Crippen LogP contribution in [0.15, 0.2) is 16.2 Å². The lowest BCUT2D eigenvalue weighted by Crippen LogP contribution is -2.44. The van der Waals surface area contributed by atoms with Gasteiger partial charge in [0.05, 0.1) is 12.1 Å². The summed E-state index contributed by atoms with van der Waals surface area (Å²) in [6, 6.07) is 2.11. The van der Waals surface area contributed by atoms with Gasteiger partial charge in [0.2, 0.25) is 5.78 Å². The van der Waals surface area contributed by atoms with Crippen molar-refractivity contribution >= 4 is 33.4 Å². The first-order chi connectivity index (χ1) is 14.2. The average molecular weight is 433 g/mol. The van der Waals surface area contributed by atoms with Gasteiger partial charge in [-0.3, -0.25) is 18.7 Å². The van der Waals surface area contributed by atoms with E-state index >= 15 is 0 Å². The van der Waals surface area contributed by atoms with Crippen LogP contribution in [0.2, 0.25) is 0 Å². The van der Waals surface area contributed by atoms with Crippen LogP contribution in [0.4, 0.5) is 4.79 Å². The van der Waals surface area contributed by atoms with Crippen LogP contribution in [0.5, 0.6) is 0 Å². The van der Waals surface area contributed by atoms with E-state index in [4.69, 9.17) is 4.74 Å². The summed E-state index contributed by atoms with van der Waals surface area (Å²) < 4.78 is 9.56. The predicted molar refractivity (Wildman–Crippen MR) is 116 cm³/mol. The molecule has 0 bridgehead atoms. The Labute approximate surface area is 178 Å². The van der Waals surface area contributed by atoms with Crippen molar-refractivity contribution in [3.63, 3.8) is 0 Å². The number of hydrogen-bond donors (Lipinski definition) is 1. The van der Waals surface area contributed by atoms with E-state index in [9.17, 15) is 9.59 Å². The van der Waals surface area contributed by atoms with Crippen molar-refractivity contribution in [1.82, 2.24) is 29.4 Å². The van der Waals surface area contributed by atoms with E-state index in [1.54, 1.807) is 7.05 Å². The molecule has 0 aliphatic heterocycles. The number of amides is 1. The highest BCUT2D eigenvalue weighted by atomic mass is 32.1. The number of nitrogens with zero attached hydrogens (tertiary/aromatic N) is 5. The lowest BCUT2D eigenvalue weighted by molar-refractivity contribution is 0.0505. The van der Waals surface area contributed by atoms with Crippen LogP contribution in [-0.4, -0.2) is 55.4 Å². The van der Waals surface area contributed by atoms with E-state index in [0.717, 1.165) is 24.2 Å². The summed E-state index contributed by atoms with van der Waals surface area (Å²) in [5.74, 6) is 1.84. The van der Waals surface area contributed by atoms with E-state index in [1.165, 1.54) is 15.9 Å². The molecule has 30 heavy (non-hydrogen) atoms. The maximum Gasteiger partial charge on any atom is 0.407 e. The normalized spacial score (nSPS) is 15.8. The van der Waals surface area contributed by atoms with Crippen molar-refractivity contribution in [3.8, 4) is 0 Å². The lowest BCUT2D eigenvalue weighted by Gasteiger charge is -2.28. The van der Waals surface area contributed by atoms with Gasteiger partial charge in [0.15, 0.2) is 5.82 Å². The summed E-state index contributed by atoms with van der Waals surface area (Å²) in [5.41, 5.74) is 0.256. The van der Waals surface area contributed by atoms with Crippen molar-refractivity contribution in [1.29, 1.82) is 0 Å². The van der Waals surface area contributed by atoms with E-state index in [1.807, 2.05) is 43.7 Å². The van der Waals surface area contributed by atoms with E-state index in [0.29, 0.717) is 29.5 Å². The molecule has 1 atom stereocenters. The second-order valence-electron chi connectivity index (χ2n) is 8.95. The Balaban J connectivity index is 1.55. The standard InChI is InChI=1S/C20H28N6O3S/c1-20(2,3)29-19(28)21-10-14(12-6-7-12)24(4)11-15-22-23-18-25(5)17(27)16-13(26(15)18)8-9-30-16/h8-9,12,14H,6-7,10-11H2,1-5H3,(H,21,28). The molecule has 1 saturated carbocycles. The van der Waals surface area contributed by atoms with Crippen LogP contribution < -0.4 is 10.9 Å². The number of fused-ring (bicyclic) bond motifs is 3. The van der Waals surface area contributed by atoms with Crippen LogP contribution in [0.25, 0.3) is 16.0 Å². The van der Waals surface area contributed by atoms with Crippen molar-refractivity contribution < 1.29 is 9.53 Å². The third kappa shape index (κ3) is 4.06. The minimum absolute atomic E-state index is 0.0581. The smallest absolute Gasteiger partial charge is 0.407 e. The molecule has 0 saturated heterocycles. The zero-order chi connectivity index (χ0) is 21.6. The van der Waals surface area contributed by atoms with Gasteiger partial charge in [0.1, 0.15) is 10.3 Å². The number of thiophene rings is 1. The number of aromatic nitrogens is 4. The van der Waals surface area contributed by atoms with Crippen LogP contribution in [0.3, 0.4) is 0 Å². The molecule has 10 heteroatoms. The molecule has 1 amide bonds. The van der Waals surface area contributed by atoms with Crippen molar-refractivity contribution in [2.24, 2.45) is 13.0 Å². The van der Waals surface area contributed by atoms with Gasteiger partial charge in [-0.2, -0.15) is 0 Å². The summed E-state index contributed by atoms with van der Waals surface area (Å²) >= 11 is 1.43. The number of ether oxygens (including phenoxy) is 1. The molecule has 1 unspecified atom stereocenters. The quantitative estimate of drug-likeness (QED) is 0.643. The molecule has 1 aliphatic carbocycles. The van der Waals surface area contributed by atoms with Gasteiger partial charge < -0.3 is 10.1 Å². The maximum atomic E-state index is 12.5. The number of carbonyl (C=O) groups is 1. The predicted octanol–water partition coefficient (Wildman–Crippen LogP) is 2.38. The molecule has 3 heterocycles. The fourth-order valence-corrected chi connectivity index (χ4v) is 4.61. The molecule has 3 aromatic heterocycles. The van der Waals surface area contributed by atoms with Gasteiger partial charge in [-0.1, -0.05) is 0 Å². The summed E-state index contributed by atoms with van der Waals surface area (Å²) in [6.07, 6.45) is 1.90. The van der Waals surface area contributed by atoms with Gasteiger partial charge in [-0.15, -0.1) is 21.5 Å². The van der Waals surface area contributed by atoms with Crippen molar-refractivity contribution in [2.45, 2.75) is 51.8 Å². The van der Waals surface area contributed by atoms with Gasteiger partial charge >= 0.3 is 6.09 Å². The number of hydrogen-bond acceptors (Lipinski definition) is 7. The lowest BCUT2D eigenvalue weighted by atomic mass is 10.1. The minimum Gasteiger partial charge on any atom is -0.444 e. The second-order valence-corrected chi connectivity index (χ2v) is 9.87. The SMILES string of the molecule is CN(Cc1nnc2n(C)c(=O)c3sccc3n12)C(CNC(=O)OC(C)(C)C)C1CC1. The van der Waals surface area contributed by atoms with Gasteiger partial charge in [0.25, 0.3) is 5.56 Å². The highest BCUT2D eigenvalue weighted by molar-refractivity contribution is 7.17. The summed E-state index contributed by atoms with van der Waals surface area (Å²) in [6.45, 7) is 6.63. The van der Waals surface area contributed by atoms with E-state index < -0.39 is 11.7 Å². The molecule has 0 aromatic carbocycles. The molecule has 3 aromatic rings. The Morgan fingerprint density at radius 2 is 2.13 bits per heavy atom. The van der Waals surface area contributed by atoms with Gasteiger partial charge in [-0.25, -0.2) is 4.79 Å². The summed E-state index contributed by atoms with van der Waals surface area (Å²) in [5, 5.41) is 13.5. The molecular formula is C20H28N6O3S. The zero-order valence-corrected chi connectivity index (χ0v) is 18.8. The van der Waals surface area contributed by atoms with E-state index in [-0.39, 0.29) is 11.6 Å². The third-order valence-corrected chi connectivity index (χ3v) is 6.27. The first kappa shape index (κ1) is 20.8. The fourth-order valence-electron chi connectivity index (χ4n) is 3.76. The maximum absolute atomic E-state index is 12.5. The number of alkyl carbamates (subject to hydrolysis) is 1. The van der Waals surface area contributed by atoms with Gasteiger partial charge in [-0.05, 0) is 58.0 Å². The van der Waals surface area contributed by atoms with Crippen molar-refractivity contribution in [3.05, 3.63) is 27.6 Å². The van der Waals surface area contributed by atoms with Crippen LogP contribution in [-0.2, 0) is 18.3 Å². The number of likely N-dealkylation sites (N-methyl/N-ethyl adjacent to an activating group) is 1. The molecule has 162 valence electrons. The Morgan fingerprint density at radius 3 is 2.80 bits per heavy atom. The third-order valence-electron chi connectivity index (χ3n) is 5.37. The molecule has 4 rings (SSSR count). The fraction of sp³-hybridized carbons (Fsp3) is 0.600. The largest absolute Gasteiger partial charge is 0.444 e. The monoisotopic (exact) mass is 432 g/mol. The number of rotatable bonds is 6. The Morgan fingerprint density at radius 1 is 1.40 bits per heavy atom. The first-order valence-electron chi connectivity index (χ1n) is 10.1. The van der Waals surface area contributed by atoms with Crippen molar-refractivity contribution in [2.75, 3.05) is 13.6 Å². The minimum atomic E-state index is -0.520. The molecule has 0 radical (unpaired) electrons. The molecule has 9 nitrogen and oxygen atoms in total. The highest BCUT2D eigenvalue weighted by Crippen LogP contribution is 2.35. The second kappa shape index (κ2) is 7.66. The van der Waals surface area contributed by atoms with Crippen LogP contribution in [0, 0.1) is 5.92 Å². The first-order valence-corrected chi connectivity index (χ1v) is 11.0. The molecule has 1 fully saturated rings. The summed E-state index contributed by atoms with van der Waals surface area (Å²) in [7, 11) is 3.75. The Kier molecular flexibility index (Phi) is 5.31. The molecular weight excluding hydrogens is 404 g/mol. The zero-order valence-electron chi connectivity index (χ0n) is 18.0. The number of nitrogens with one attached hydrogen (secondary N) is 1. The average Bonchev–Trinajstić information content (AvgIpc) is 3.21. The Bertz CT molecular complexity index is 1140. The van der Waals surface area contributed by atoms with E-state index in [2.05, 4.69) is 20.4 Å². The topological polar surface area (TPSA) is 93.8 Å².